The minimum atomic E-state index is -0.0554. The van der Waals surface area contributed by atoms with Gasteiger partial charge >= 0.3 is 6.03 Å². The van der Waals surface area contributed by atoms with Crippen molar-refractivity contribution in [3.8, 4) is 0 Å². The number of nitrogens with one attached hydrogen (secondary N) is 2. The van der Waals surface area contributed by atoms with Crippen molar-refractivity contribution < 1.29 is 9.90 Å². The second-order valence-corrected chi connectivity index (χ2v) is 6.82. The molecule has 118 valence electrons. The monoisotopic (exact) mass is 284 g/mol. The molecule has 4 unspecified atom stereocenters. The first-order chi connectivity index (χ1) is 9.43. The van der Waals surface area contributed by atoms with Crippen LogP contribution in [0.4, 0.5) is 4.79 Å². The summed E-state index contributed by atoms with van der Waals surface area (Å²) in [5, 5.41) is 15.0. The van der Waals surface area contributed by atoms with Gasteiger partial charge in [-0.2, -0.15) is 0 Å². The third-order valence-corrected chi connectivity index (χ3v) is 4.51. The molecule has 0 heterocycles. The van der Waals surface area contributed by atoms with E-state index in [0.717, 1.165) is 19.3 Å². The van der Waals surface area contributed by atoms with Gasteiger partial charge in [0.15, 0.2) is 0 Å². The Morgan fingerprint density at radius 3 is 2.60 bits per heavy atom. The molecule has 1 saturated carbocycles. The van der Waals surface area contributed by atoms with E-state index in [1.54, 1.807) is 0 Å². The third kappa shape index (κ3) is 5.70. The molecule has 2 amide bonds. The summed E-state index contributed by atoms with van der Waals surface area (Å²) in [7, 11) is 0. The first-order valence-electron chi connectivity index (χ1n) is 8.12. The van der Waals surface area contributed by atoms with Gasteiger partial charge in [-0.05, 0) is 50.4 Å². The Labute approximate surface area is 123 Å². The second kappa shape index (κ2) is 8.50. The molecule has 4 atom stereocenters. The molecule has 20 heavy (non-hydrogen) atoms. The Balaban J connectivity index is 2.44. The topological polar surface area (TPSA) is 61.4 Å². The van der Waals surface area contributed by atoms with Crippen molar-refractivity contribution in [1.82, 2.24) is 10.6 Å². The fourth-order valence-corrected chi connectivity index (χ4v) is 3.27. The van der Waals surface area contributed by atoms with Gasteiger partial charge in [-0.3, -0.25) is 0 Å². The summed E-state index contributed by atoms with van der Waals surface area (Å²) in [5.74, 6) is 1.89. The van der Waals surface area contributed by atoms with Gasteiger partial charge in [0, 0.05) is 18.7 Å². The van der Waals surface area contributed by atoms with Crippen molar-refractivity contribution in [2.24, 2.45) is 17.8 Å². The largest absolute Gasteiger partial charge is 0.396 e. The molecule has 0 spiro atoms. The number of hydrogen-bond acceptors (Lipinski definition) is 2. The molecule has 1 aliphatic carbocycles. The van der Waals surface area contributed by atoms with Crippen LogP contribution in [0.15, 0.2) is 0 Å². The lowest BCUT2D eigenvalue weighted by molar-refractivity contribution is 0.167. The summed E-state index contributed by atoms with van der Waals surface area (Å²) in [5.41, 5.74) is 0. The standard InChI is InChI=1S/C16H32N2O2/c1-11(2)14-8-7-12(3)10-15(14)18-16(20)17-13(4)6-5-9-19/h11-15,19H,5-10H2,1-4H3,(H2,17,18,20). The van der Waals surface area contributed by atoms with Crippen LogP contribution in [0.3, 0.4) is 0 Å². The lowest BCUT2D eigenvalue weighted by atomic mass is 9.74. The first-order valence-corrected chi connectivity index (χ1v) is 8.12. The van der Waals surface area contributed by atoms with Gasteiger partial charge in [0.1, 0.15) is 0 Å². The summed E-state index contributed by atoms with van der Waals surface area (Å²) in [6.07, 6.45) is 5.12. The zero-order chi connectivity index (χ0) is 15.1. The van der Waals surface area contributed by atoms with Gasteiger partial charge in [0.25, 0.3) is 0 Å². The zero-order valence-corrected chi connectivity index (χ0v) is 13.5. The molecule has 1 aliphatic rings. The quantitative estimate of drug-likeness (QED) is 0.702. The van der Waals surface area contributed by atoms with Gasteiger partial charge in [-0.25, -0.2) is 4.79 Å². The fourth-order valence-electron chi connectivity index (χ4n) is 3.27. The molecule has 4 heteroatoms. The molecule has 0 aliphatic heterocycles. The van der Waals surface area contributed by atoms with Gasteiger partial charge in [0.05, 0.1) is 0 Å². The number of amides is 2. The Hall–Kier alpha value is -0.770. The highest BCUT2D eigenvalue weighted by molar-refractivity contribution is 5.74. The Morgan fingerprint density at radius 1 is 1.30 bits per heavy atom. The van der Waals surface area contributed by atoms with E-state index < -0.39 is 0 Å². The van der Waals surface area contributed by atoms with E-state index in [9.17, 15) is 4.79 Å². The molecule has 1 fully saturated rings. The smallest absolute Gasteiger partial charge is 0.315 e. The van der Waals surface area contributed by atoms with Gasteiger partial charge in [-0.1, -0.05) is 27.2 Å². The molecular formula is C16H32N2O2. The highest BCUT2D eigenvalue weighted by Gasteiger charge is 2.31. The molecular weight excluding hydrogens is 252 g/mol. The van der Waals surface area contributed by atoms with E-state index >= 15 is 0 Å². The van der Waals surface area contributed by atoms with Crippen LogP contribution in [0.5, 0.6) is 0 Å². The van der Waals surface area contributed by atoms with Crippen LogP contribution in [0.2, 0.25) is 0 Å². The minimum absolute atomic E-state index is 0.0554. The Bertz CT molecular complexity index is 294. The summed E-state index contributed by atoms with van der Waals surface area (Å²) < 4.78 is 0. The maximum atomic E-state index is 12.1. The predicted octanol–water partition coefficient (Wildman–Crippen LogP) is 2.91. The first kappa shape index (κ1) is 17.3. The molecule has 0 saturated heterocycles. The van der Waals surface area contributed by atoms with Crippen molar-refractivity contribution >= 4 is 6.03 Å². The SMILES string of the molecule is CC1CCC(C(C)C)C(NC(=O)NC(C)CCCO)C1. The summed E-state index contributed by atoms with van der Waals surface area (Å²) in [4.78, 5) is 12.1. The number of aliphatic hydroxyl groups excluding tert-OH is 1. The lowest BCUT2D eigenvalue weighted by Crippen LogP contribution is -2.50. The van der Waals surface area contributed by atoms with E-state index in [2.05, 4.69) is 31.4 Å². The molecule has 0 aromatic rings. The fraction of sp³-hybridized carbons (Fsp3) is 0.938. The van der Waals surface area contributed by atoms with Crippen LogP contribution in [-0.4, -0.2) is 29.8 Å². The van der Waals surface area contributed by atoms with E-state index in [1.807, 2.05) is 6.92 Å². The summed E-state index contributed by atoms with van der Waals surface area (Å²) in [6, 6.07) is 0.352. The normalized spacial score (nSPS) is 28.2. The van der Waals surface area contributed by atoms with Crippen molar-refractivity contribution in [2.75, 3.05) is 6.61 Å². The van der Waals surface area contributed by atoms with E-state index in [-0.39, 0.29) is 18.7 Å². The summed E-state index contributed by atoms with van der Waals surface area (Å²) >= 11 is 0. The van der Waals surface area contributed by atoms with Crippen LogP contribution in [0.1, 0.15) is 59.8 Å². The van der Waals surface area contributed by atoms with Crippen LogP contribution in [0, 0.1) is 17.8 Å². The van der Waals surface area contributed by atoms with Crippen molar-refractivity contribution in [2.45, 2.75) is 71.9 Å². The molecule has 0 aromatic heterocycles. The molecule has 0 radical (unpaired) electrons. The maximum Gasteiger partial charge on any atom is 0.315 e. The van der Waals surface area contributed by atoms with E-state index in [0.29, 0.717) is 23.8 Å². The number of aliphatic hydroxyl groups is 1. The molecule has 4 nitrogen and oxygen atoms in total. The molecule has 0 bridgehead atoms. The van der Waals surface area contributed by atoms with Crippen molar-refractivity contribution in [3.63, 3.8) is 0 Å². The van der Waals surface area contributed by atoms with Crippen molar-refractivity contribution in [1.29, 1.82) is 0 Å². The minimum Gasteiger partial charge on any atom is -0.396 e. The van der Waals surface area contributed by atoms with E-state index in [4.69, 9.17) is 5.11 Å². The average Bonchev–Trinajstić information content (AvgIpc) is 2.35. The van der Waals surface area contributed by atoms with Gasteiger partial charge < -0.3 is 15.7 Å². The van der Waals surface area contributed by atoms with Crippen LogP contribution < -0.4 is 10.6 Å². The molecule has 1 rings (SSSR count). The van der Waals surface area contributed by atoms with Crippen molar-refractivity contribution in [3.05, 3.63) is 0 Å². The highest BCUT2D eigenvalue weighted by atomic mass is 16.3. The lowest BCUT2D eigenvalue weighted by Gasteiger charge is -2.38. The predicted molar refractivity (Wildman–Crippen MR) is 82.6 cm³/mol. The Kier molecular flexibility index (Phi) is 7.35. The van der Waals surface area contributed by atoms with Gasteiger partial charge in [0.2, 0.25) is 0 Å². The number of carbonyl (C=O) groups excluding carboxylic acids is 1. The van der Waals surface area contributed by atoms with Crippen LogP contribution in [-0.2, 0) is 0 Å². The Morgan fingerprint density at radius 2 is 2.00 bits per heavy atom. The number of rotatable bonds is 6. The summed E-state index contributed by atoms with van der Waals surface area (Å²) in [6.45, 7) is 8.93. The second-order valence-electron chi connectivity index (χ2n) is 6.82. The van der Waals surface area contributed by atoms with Crippen LogP contribution in [0.25, 0.3) is 0 Å². The number of urea groups is 1. The maximum absolute atomic E-state index is 12.1. The number of carbonyl (C=O) groups is 1. The van der Waals surface area contributed by atoms with Crippen LogP contribution >= 0.6 is 0 Å². The highest BCUT2D eigenvalue weighted by Crippen LogP contribution is 2.33. The third-order valence-electron chi connectivity index (χ3n) is 4.51. The molecule has 0 aromatic carbocycles. The molecule has 3 N–H and O–H groups in total. The zero-order valence-electron chi connectivity index (χ0n) is 13.5. The van der Waals surface area contributed by atoms with Gasteiger partial charge in [-0.15, -0.1) is 0 Å². The van der Waals surface area contributed by atoms with E-state index in [1.165, 1.54) is 12.8 Å². The number of hydrogen-bond donors (Lipinski definition) is 3. The average molecular weight is 284 g/mol.